The molecule has 4 atom stereocenters. The molecule has 1 aliphatic carbocycles. The van der Waals surface area contributed by atoms with Crippen molar-refractivity contribution >= 4 is 74.0 Å². The lowest BCUT2D eigenvalue weighted by Gasteiger charge is -2.42. The fourth-order valence-corrected chi connectivity index (χ4v) is 10.1. The van der Waals surface area contributed by atoms with E-state index >= 15 is 8.78 Å². The Morgan fingerprint density at radius 3 is 2.55 bits per heavy atom. The normalized spacial score (nSPS) is 24.4. The minimum absolute atomic E-state index is 0.107. The number of aromatic nitrogens is 5. The van der Waals surface area contributed by atoms with Gasteiger partial charge in [0, 0.05) is 82.8 Å². The smallest absolute Gasteiger partial charge is 0.301 e. The summed E-state index contributed by atoms with van der Waals surface area (Å²) in [5.74, 6) is -2.50. The second-order valence-corrected chi connectivity index (χ2v) is 18.2. The molecule has 5 aromatic rings. The number of rotatable bonds is 8. The van der Waals surface area contributed by atoms with Crippen molar-refractivity contribution < 1.29 is 23.1 Å². The van der Waals surface area contributed by atoms with Crippen molar-refractivity contribution in [2.45, 2.75) is 56.9 Å². The van der Waals surface area contributed by atoms with Gasteiger partial charge in [0.05, 0.1) is 46.3 Å². The van der Waals surface area contributed by atoms with Gasteiger partial charge in [-0.3, -0.25) is 29.3 Å². The van der Waals surface area contributed by atoms with Gasteiger partial charge >= 0.3 is 5.92 Å². The zero-order valence-electron chi connectivity index (χ0n) is 35.0. The van der Waals surface area contributed by atoms with Gasteiger partial charge in [0.2, 0.25) is 23.5 Å². The zero-order chi connectivity index (χ0) is 43.0. The molecule has 3 saturated heterocycles. The number of hydrogen-bond acceptors (Lipinski definition) is 12. The summed E-state index contributed by atoms with van der Waals surface area (Å²) in [6.45, 7) is 7.63. The maximum absolute atomic E-state index is 15.2. The van der Waals surface area contributed by atoms with Crippen LogP contribution in [0.1, 0.15) is 50.6 Å². The van der Waals surface area contributed by atoms with E-state index in [2.05, 4.69) is 48.6 Å². The van der Waals surface area contributed by atoms with Crippen molar-refractivity contribution in [3.8, 4) is 5.75 Å². The number of halogens is 3. The van der Waals surface area contributed by atoms with Crippen LogP contribution in [0.25, 0.3) is 21.8 Å². The Morgan fingerprint density at radius 2 is 1.79 bits per heavy atom. The van der Waals surface area contributed by atoms with Gasteiger partial charge in [-0.05, 0) is 67.7 Å². The number of aryl methyl sites for hydroxylation is 2. The second kappa shape index (κ2) is 15.7. The number of ether oxygens (including phenoxy) is 1. The van der Waals surface area contributed by atoms with Crippen molar-refractivity contribution in [3.63, 3.8) is 0 Å². The fourth-order valence-electron chi connectivity index (χ4n) is 9.98. The Balaban J connectivity index is 0.791. The van der Waals surface area contributed by atoms with Crippen LogP contribution in [0.5, 0.6) is 5.75 Å². The minimum atomic E-state index is -3.13. The van der Waals surface area contributed by atoms with Crippen molar-refractivity contribution in [1.82, 2.24) is 34.5 Å². The number of imide groups is 1. The van der Waals surface area contributed by atoms with Crippen molar-refractivity contribution in [3.05, 3.63) is 63.7 Å². The number of carbonyl (C=O) groups is 2. The predicted octanol–water partition coefficient (Wildman–Crippen LogP) is 5.64. The molecule has 1 saturated carbocycles. The van der Waals surface area contributed by atoms with E-state index in [9.17, 15) is 14.4 Å². The lowest BCUT2D eigenvalue weighted by Crippen LogP contribution is -2.50. The molecule has 0 spiro atoms. The van der Waals surface area contributed by atoms with Crippen LogP contribution in [0.2, 0.25) is 5.02 Å². The molecule has 2 aromatic carbocycles. The number of nitrogens with zero attached hydrogens (tertiary/aromatic N) is 8. The average Bonchev–Trinajstić information content (AvgIpc) is 4.06. The number of benzene rings is 2. The fraction of sp³-hybridized carbons (Fsp3) is 0.500. The highest BCUT2D eigenvalue weighted by Crippen LogP contribution is 2.46. The number of alkyl halides is 2. The van der Waals surface area contributed by atoms with Crippen LogP contribution >= 0.6 is 11.6 Å². The van der Waals surface area contributed by atoms with Crippen molar-refractivity contribution in [2.24, 2.45) is 31.8 Å². The Morgan fingerprint density at radius 1 is 0.984 bits per heavy atom. The number of anilines is 5. The van der Waals surface area contributed by atoms with Gasteiger partial charge in [-0.15, -0.1) is 0 Å². The number of pyridine rings is 1. The number of hydrogen-bond donors (Lipinski definition) is 3. The summed E-state index contributed by atoms with van der Waals surface area (Å²) in [5.41, 5.74) is 3.84. The van der Waals surface area contributed by atoms with Gasteiger partial charge in [0.15, 0.2) is 12.4 Å². The topological polar surface area (TPSA) is 155 Å². The maximum Gasteiger partial charge on any atom is 0.301 e. The molecule has 3 aromatic heterocycles. The standard InChI is InChI=1S/C44H50ClF2N11O4/c1-24-21-58(14-13-26(24)22-56-15-17-57(18-16-56)33-6-4-5-28-35(53-55(3)37(28)33)29-10-12-34(59)50-41(29)60)43-48-20-31(45)40(52-43)49-27-9-11-32-30(19-27)36-38(42(61)54(32)2)62-23-44(46,47)39(51-36)25-7-8-25/h4-6,9,11,19-20,24-26,29,39,51H,7-8,10,12-18,21-23H2,1-3H3,(H,48,49,52)(H,50,59,60)/t24-,26+,29?,39-/m0/s1. The number of para-hydroxylation sites is 1. The largest absolute Gasteiger partial charge is 0.480 e. The summed E-state index contributed by atoms with van der Waals surface area (Å²) in [5, 5.41) is 15.5. The van der Waals surface area contributed by atoms with E-state index in [4.69, 9.17) is 26.4 Å². The molecule has 1 unspecified atom stereocenters. The van der Waals surface area contributed by atoms with Gasteiger partial charge in [-0.1, -0.05) is 30.7 Å². The molecule has 326 valence electrons. The number of carbonyl (C=O) groups excluding carboxylic acids is 2. The third-order valence-corrected chi connectivity index (χ3v) is 13.9. The van der Waals surface area contributed by atoms with Crippen molar-refractivity contribution in [1.29, 1.82) is 0 Å². The van der Waals surface area contributed by atoms with E-state index in [1.807, 2.05) is 36.0 Å². The molecule has 15 nitrogen and oxygen atoms in total. The molecular weight excluding hydrogens is 820 g/mol. The molecule has 0 radical (unpaired) electrons. The molecule has 0 bridgehead atoms. The quantitative estimate of drug-likeness (QED) is 0.166. The van der Waals surface area contributed by atoms with Gasteiger partial charge < -0.3 is 29.7 Å². The Kier molecular flexibility index (Phi) is 10.2. The summed E-state index contributed by atoms with van der Waals surface area (Å²) in [4.78, 5) is 54.5. The third kappa shape index (κ3) is 7.35. The number of nitrogens with one attached hydrogen (secondary N) is 3. The Bertz CT molecular complexity index is 2660. The first-order valence-corrected chi connectivity index (χ1v) is 22.0. The highest BCUT2D eigenvalue weighted by Gasteiger charge is 2.51. The van der Waals surface area contributed by atoms with E-state index in [-0.39, 0.29) is 29.2 Å². The van der Waals surface area contributed by atoms with Gasteiger partial charge in [-0.25, -0.2) is 13.8 Å². The van der Waals surface area contributed by atoms with E-state index in [0.717, 1.165) is 74.5 Å². The highest BCUT2D eigenvalue weighted by molar-refractivity contribution is 6.33. The molecule has 3 N–H and O–H groups in total. The van der Waals surface area contributed by atoms with Crippen LogP contribution in [0.3, 0.4) is 0 Å². The Labute approximate surface area is 361 Å². The third-order valence-electron chi connectivity index (χ3n) is 13.6. The molecule has 62 heavy (non-hydrogen) atoms. The molecule has 4 fully saturated rings. The maximum atomic E-state index is 15.2. The first kappa shape index (κ1) is 40.5. The van der Waals surface area contributed by atoms with E-state index < -0.39 is 30.0 Å². The minimum Gasteiger partial charge on any atom is -0.480 e. The van der Waals surface area contributed by atoms with Crippen LogP contribution in [0, 0.1) is 17.8 Å². The molecular formula is C44H50ClF2N11O4. The first-order chi connectivity index (χ1) is 29.8. The summed E-state index contributed by atoms with van der Waals surface area (Å²) < 4.78 is 39.2. The molecule has 10 rings (SSSR count). The Hall–Kier alpha value is -5.55. The number of piperidine rings is 2. The first-order valence-electron chi connectivity index (χ1n) is 21.6. The van der Waals surface area contributed by atoms with Crippen LogP contribution in [0.4, 0.5) is 37.6 Å². The zero-order valence-corrected chi connectivity index (χ0v) is 35.7. The number of piperazine rings is 1. The number of fused-ring (bicyclic) bond motifs is 4. The van der Waals surface area contributed by atoms with E-state index in [1.54, 1.807) is 19.3 Å². The molecule has 5 aliphatic rings. The van der Waals surface area contributed by atoms with Crippen LogP contribution in [-0.4, -0.2) is 105 Å². The lowest BCUT2D eigenvalue weighted by atomic mass is 9.86. The van der Waals surface area contributed by atoms with E-state index in [0.29, 0.717) is 70.9 Å². The number of amides is 2. The lowest BCUT2D eigenvalue weighted by molar-refractivity contribution is -0.134. The van der Waals surface area contributed by atoms with Crippen molar-refractivity contribution in [2.75, 3.05) is 72.9 Å². The monoisotopic (exact) mass is 869 g/mol. The molecule has 7 heterocycles. The van der Waals surface area contributed by atoms with Crippen LogP contribution < -0.4 is 36.0 Å². The van der Waals surface area contributed by atoms with Crippen LogP contribution in [0.15, 0.2) is 47.4 Å². The van der Waals surface area contributed by atoms with E-state index in [1.165, 1.54) is 4.57 Å². The van der Waals surface area contributed by atoms with Gasteiger partial charge in [-0.2, -0.15) is 10.1 Å². The SMILES string of the molecule is C[C@H]1CN(c2ncc(Cl)c(Nc3ccc4c(c3)c3c(c(=O)n4C)OCC(F)(F)[C@H](C4CC4)N3)n2)CC[C@@H]1CN1CCN(c2cccc3c(C4CCC(=O)NC4=O)nn(C)c23)CC1. The summed E-state index contributed by atoms with van der Waals surface area (Å²) in [6, 6.07) is 10.5. The van der Waals surface area contributed by atoms with Crippen LogP contribution in [-0.2, 0) is 23.7 Å². The highest BCUT2D eigenvalue weighted by atomic mass is 35.5. The summed E-state index contributed by atoms with van der Waals surface area (Å²) in [7, 11) is 3.53. The van der Waals surface area contributed by atoms with Gasteiger partial charge in [0.1, 0.15) is 5.02 Å². The predicted molar refractivity (Wildman–Crippen MR) is 234 cm³/mol. The average molecular weight is 870 g/mol. The molecule has 18 heteroatoms. The second-order valence-electron chi connectivity index (χ2n) is 17.7. The molecule has 4 aliphatic heterocycles. The van der Waals surface area contributed by atoms with Gasteiger partial charge in [0.25, 0.3) is 5.56 Å². The summed E-state index contributed by atoms with van der Waals surface area (Å²) in [6.07, 6.45) is 4.76. The molecule has 2 amide bonds. The summed E-state index contributed by atoms with van der Waals surface area (Å²) >= 11 is 6.66.